The van der Waals surface area contributed by atoms with Crippen LogP contribution in [-0.4, -0.2) is 38.0 Å². The molecule has 8 nitrogen and oxygen atoms in total. The lowest BCUT2D eigenvalue weighted by Crippen LogP contribution is -2.45. The fraction of sp³-hybridized carbons (Fsp3) is 0.429. The molecule has 0 unspecified atom stereocenters. The third-order valence-electron chi connectivity index (χ3n) is 2.88. The van der Waals surface area contributed by atoms with Crippen molar-refractivity contribution in [3.63, 3.8) is 0 Å². The number of rotatable bonds is 5. The first kappa shape index (κ1) is 17.1. The van der Waals surface area contributed by atoms with Gasteiger partial charge in [0.2, 0.25) is 5.91 Å². The molecule has 2 rings (SSSR count). The van der Waals surface area contributed by atoms with E-state index >= 15 is 0 Å². The third kappa shape index (κ3) is 4.35. The lowest BCUT2D eigenvalue weighted by Gasteiger charge is -2.12. The number of thioether (sulfide) groups is 1. The molecule has 3 amide bonds. The topological polar surface area (TPSA) is 102 Å². The van der Waals surface area contributed by atoms with Crippen molar-refractivity contribution in [2.24, 2.45) is 7.05 Å². The summed E-state index contributed by atoms with van der Waals surface area (Å²) < 4.78 is 7.03. The number of carbonyl (C=O) groups is 2. The standard InChI is InChI=1S/C14H19N5O3S/c1-8(2)15-13(21)16-12(20)9(3)23-14-18-17-11(19(14)4)10-6-5-7-22-10/h5-9H,1-4H3,(H2,15,16,20,21)/t9-/m0/s1. The van der Waals surface area contributed by atoms with E-state index < -0.39 is 17.2 Å². The Bertz CT molecular complexity index is 681. The van der Waals surface area contributed by atoms with Gasteiger partial charge >= 0.3 is 6.03 Å². The molecule has 0 aromatic carbocycles. The van der Waals surface area contributed by atoms with E-state index in [4.69, 9.17) is 4.42 Å². The zero-order valence-corrected chi connectivity index (χ0v) is 14.2. The number of amides is 3. The molecule has 0 aliphatic heterocycles. The van der Waals surface area contributed by atoms with E-state index in [0.717, 1.165) is 0 Å². The average Bonchev–Trinajstić information content (AvgIpc) is 3.08. The van der Waals surface area contributed by atoms with Crippen molar-refractivity contribution in [1.29, 1.82) is 0 Å². The van der Waals surface area contributed by atoms with Gasteiger partial charge in [0.25, 0.3) is 0 Å². The molecule has 2 aromatic heterocycles. The van der Waals surface area contributed by atoms with E-state index in [1.54, 1.807) is 36.9 Å². The SMILES string of the molecule is CC(C)NC(=O)NC(=O)[C@H](C)Sc1nnc(-c2ccco2)n1C. The number of imide groups is 1. The van der Waals surface area contributed by atoms with Crippen LogP contribution >= 0.6 is 11.8 Å². The first-order chi connectivity index (χ1) is 10.9. The highest BCUT2D eigenvalue weighted by Gasteiger charge is 2.21. The van der Waals surface area contributed by atoms with Gasteiger partial charge in [-0.1, -0.05) is 11.8 Å². The summed E-state index contributed by atoms with van der Waals surface area (Å²) >= 11 is 1.21. The molecule has 124 valence electrons. The second-order valence-electron chi connectivity index (χ2n) is 5.22. The summed E-state index contributed by atoms with van der Waals surface area (Å²) in [6.07, 6.45) is 1.56. The van der Waals surface area contributed by atoms with Gasteiger partial charge in [0.15, 0.2) is 16.7 Å². The quantitative estimate of drug-likeness (QED) is 0.807. The van der Waals surface area contributed by atoms with Crippen LogP contribution in [0, 0.1) is 0 Å². The van der Waals surface area contributed by atoms with Crippen LogP contribution < -0.4 is 10.6 Å². The van der Waals surface area contributed by atoms with Crippen LogP contribution in [0.3, 0.4) is 0 Å². The van der Waals surface area contributed by atoms with Gasteiger partial charge in [-0.05, 0) is 32.9 Å². The van der Waals surface area contributed by atoms with Crippen molar-refractivity contribution in [3.8, 4) is 11.6 Å². The van der Waals surface area contributed by atoms with Gasteiger partial charge in [-0.2, -0.15) is 0 Å². The number of carbonyl (C=O) groups excluding carboxylic acids is 2. The lowest BCUT2D eigenvalue weighted by molar-refractivity contribution is -0.119. The molecular weight excluding hydrogens is 318 g/mol. The number of hydrogen-bond acceptors (Lipinski definition) is 6. The minimum absolute atomic E-state index is 0.0413. The number of hydrogen-bond donors (Lipinski definition) is 2. The maximum absolute atomic E-state index is 12.0. The Morgan fingerprint density at radius 3 is 2.65 bits per heavy atom. The van der Waals surface area contributed by atoms with Crippen LogP contribution in [-0.2, 0) is 11.8 Å². The predicted molar refractivity (Wildman–Crippen MR) is 85.8 cm³/mol. The number of urea groups is 1. The number of aromatic nitrogens is 3. The van der Waals surface area contributed by atoms with Crippen LogP contribution in [0.25, 0.3) is 11.6 Å². The minimum atomic E-state index is -0.508. The predicted octanol–water partition coefficient (Wildman–Crippen LogP) is 1.79. The fourth-order valence-corrected chi connectivity index (χ4v) is 2.58. The van der Waals surface area contributed by atoms with Gasteiger partial charge < -0.3 is 14.3 Å². The van der Waals surface area contributed by atoms with E-state index in [0.29, 0.717) is 16.7 Å². The van der Waals surface area contributed by atoms with Crippen molar-refractivity contribution >= 4 is 23.7 Å². The summed E-state index contributed by atoms with van der Waals surface area (Å²) in [5, 5.41) is 13.1. The smallest absolute Gasteiger partial charge is 0.321 e. The number of furan rings is 1. The van der Waals surface area contributed by atoms with Gasteiger partial charge in [-0.25, -0.2) is 4.79 Å². The molecule has 2 aromatic rings. The minimum Gasteiger partial charge on any atom is -0.461 e. The van der Waals surface area contributed by atoms with Crippen LogP contribution in [0.4, 0.5) is 4.79 Å². The van der Waals surface area contributed by atoms with Crippen LogP contribution in [0.1, 0.15) is 20.8 Å². The Balaban J connectivity index is 1.99. The van der Waals surface area contributed by atoms with Gasteiger partial charge in [0, 0.05) is 13.1 Å². The van der Waals surface area contributed by atoms with Crippen molar-refractivity contribution in [2.75, 3.05) is 0 Å². The molecule has 1 atom stereocenters. The van der Waals surface area contributed by atoms with E-state index in [2.05, 4.69) is 20.8 Å². The lowest BCUT2D eigenvalue weighted by atomic mass is 10.4. The first-order valence-electron chi connectivity index (χ1n) is 7.09. The molecule has 0 saturated heterocycles. The number of nitrogens with one attached hydrogen (secondary N) is 2. The normalized spacial score (nSPS) is 12.2. The Morgan fingerprint density at radius 2 is 2.04 bits per heavy atom. The monoisotopic (exact) mass is 337 g/mol. The maximum Gasteiger partial charge on any atom is 0.321 e. The van der Waals surface area contributed by atoms with Crippen molar-refractivity contribution in [3.05, 3.63) is 18.4 Å². The number of nitrogens with zero attached hydrogens (tertiary/aromatic N) is 3. The molecule has 0 aliphatic carbocycles. The average molecular weight is 337 g/mol. The Labute approximate surface area is 138 Å². The van der Waals surface area contributed by atoms with E-state index in [1.807, 2.05) is 13.8 Å². The molecule has 0 bridgehead atoms. The second kappa shape index (κ2) is 7.32. The molecule has 0 saturated carbocycles. The van der Waals surface area contributed by atoms with Crippen LogP contribution in [0.5, 0.6) is 0 Å². The summed E-state index contributed by atoms with van der Waals surface area (Å²) in [6, 6.07) is 3.00. The molecule has 2 heterocycles. The second-order valence-corrected chi connectivity index (χ2v) is 6.53. The van der Waals surface area contributed by atoms with E-state index in [1.165, 1.54) is 11.8 Å². The first-order valence-corrected chi connectivity index (χ1v) is 7.97. The van der Waals surface area contributed by atoms with Crippen molar-refractivity contribution in [2.45, 2.75) is 37.2 Å². The van der Waals surface area contributed by atoms with Gasteiger partial charge in [0.1, 0.15) is 0 Å². The molecule has 0 fully saturated rings. The summed E-state index contributed by atoms with van der Waals surface area (Å²) in [6.45, 7) is 5.33. The van der Waals surface area contributed by atoms with Gasteiger partial charge in [0.05, 0.1) is 11.5 Å². The maximum atomic E-state index is 12.0. The zero-order valence-electron chi connectivity index (χ0n) is 13.4. The van der Waals surface area contributed by atoms with Gasteiger partial charge in [-0.3, -0.25) is 10.1 Å². The summed E-state index contributed by atoms with van der Waals surface area (Å²) in [4.78, 5) is 23.6. The largest absolute Gasteiger partial charge is 0.461 e. The fourth-order valence-electron chi connectivity index (χ4n) is 1.76. The third-order valence-corrected chi connectivity index (χ3v) is 4.02. The highest BCUT2D eigenvalue weighted by molar-refractivity contribution is 8.00. The Hall–Kier alpha value is -2.29. The van der Waals surface area contributed by atoms with Crippen molar-refractivity contribution < 1.29 is 14.0 Å². The zero-order chi connectivity index (χ0) is 17.0. The molecule has 0 aliphatic rings. The molecule has 23 heavy (non-hydrogen) atoms. The summed E-state index contributed by atoms with van der Waals surface area (Å²) in [5.74, 6) is 0.777. The molecule has 0 radical (unpaired) electrons. The van der Waals surface area contributed by atoms with Crippen LogP contribution in [0.2, 0.25) is 0 Å². The highest BCUT2D eigenvalue weighted by atomic mass is 32.2. The Kier molecular flexibility index (Phi) is 5.43. The summed E-state index contributed by atoms with van der Waals surface area (Å²) in [5.41, 5.74) is 0. The highest BCUT2D eigenvalue weighted by Crippen LogP contribution is 2.25. The van der Waals surface area contributed by atoms with Crippen LogP contribution in [0.15, 0.2) is 28.0 Å². The molecule has 9 heteroatoms. The van der Waals surface area contributed by atoms with Gasteiger partial charge in [-0.15, -0.1) is 10.2 Å². The summed E-state index contributed by atoms with van der Waals surface area (Å²) in [7, 11) is 1.79. The molecule has 2 N–H and O–H groups in total. The Morgan fingerprint density at radius 1 is 1.30 bits per heavy atom. The molecular formula is C14H19N5O3S. The van der Waals surface area contributed by atoms with Crippen molar-refractivity contribution in [1.82, 2.24) is 25.4 Å². The van der Waals surface area contributed by atoms with E-state index in [-0.39, 0.29) is 6.04 Å². The van der Waals surface area contributed by atoms with E-state index in [9.17, 15) is 9.59 Å². The molecule has 0 spiro atoms.